The van der Waals surface area contributed by atoms with Crippen molar-refractivity contribution in [1.29, 1.82) is 0 Å². The second-order valence-corrected chi connectivity index (χ2v) is 9.33. The van der Waals surface area contributed by atoms with Crippen LogP contribution in [0.2, 0.25) is 0 Å². The van der Waals surface area contributed by atoms with Gasteiger partial charge in [0.1, 0.15) is 0 Å². The molecule has 1 saturated carbocycles. The van der Waals surface area contributed by atoms with Gasteiger partial charge in [0, 0.05) is 22.2 Å². The summed E-state index contributed by atoms with van der Waals surface area (Å²) in [5, 5.41) is 13.2. The van der Waals surface area contributed by atoms with Crippen LogP contribution < -0.4 is 0 Å². The van der Waals surface area contributed by atoms with Crippen molar-refractivity contribution in [2.45, 2.75) is 32.7 Å². The van der Waals surface area contributed by atoms with Crippen LogP contribution in [0.1, 0.15) is 42.1 Å². The molecule has 2 fully saturated rings. The molecule has 32 heavy (non-hydrogen) atoms. The number of hydrogen-bond acceptors (Lipinski definition) is 5. The summed E-state index contributed by atoms with van der Waals surface area (Å²) in [6.07, 6.45) is 2.13. The normalized spacial score (nSPS) is 22.6. The molecule has 1 aliphatic heterocycles. The highest BCUT2D eigenvalue weighted by molar-refractivity contribution is 9.10. The Kier molecular flexibility index (Phi) is 6.10. The zero-order chi connectivity index (χ0) is 23.0. The number of nitro benzene ring substituents is 1. The number of carbonyl (C=O) groups is 3. The molecule has 0 N–H and O–H groups in total. The molecule has 2 aromatic rings. The molecule has 2 aromatic carbocycles. The van der Waals surface area contributed by atoms with Gasteiger partial charge < -0.3 is 0 Å². The number of nitrogens with zero attached hydrogens (tertiary/aromatic N) is 3. The lowest BCUT2D eigenvalue weighted by molar-refractivity contribution is -0.384. The molecule has 0 radical (unpaired) electrons. The smallest absolute Gasteiger partial charge is 0.272 e. The van der Waals surface area contributed by atoms with E-state index >= 15 is 0 Å². The number of hydrogen-bond donors (Lipinski definition) is 0. The number of nitro groups is 1. The molecule has 0 bridgehead atoms. The molecule has 1 saturated heterocycles. The van der Waals surface area contributed by atoms with Crippen molar-refractivity contribution in [2.24, 2.45) is 17.8 Å². The van der Waals surface area contributed by atoms with Gasteiger partial charge in [0.2, 0.25) is 0 Å². The van der Waals surface area contributed by atoms with Crippen LogP contribution >= 0.6 is 15.9 Å². The standard InChI is InChI=1S/C23H22BrN3O5/c1-14-2-11-19-20(12-14)23(30)26(22(19)29)25(13-15-3-7-17(24)8-4-15)21(28)16-5-9-18(10-6-16)27(31)32/h3-10,14,19-20H,2,11-13H2,1H3/t14-,19+,20-/m1/s1. The Labute approximate surface area is 193 Å². The first-order chi connectivity index (χ1) is 15.3. The first-order valence-corrected chi connectivity index (χ1v) is 11.2. The van der Waals surface area contributed by atoms with Gasteiger partial charge in [-0.3, -0.25) is 24.5 Å². The third-order valence-corrected chi connectivity index (χ3v) is 6.74. The first-order valence-electron chi connectivity index (χ1n) is 10.4. The van der Waals surface area contributed by atoms with Crippen LogP contribution in [-0.4, -0.2) is 32.7 Å². The Balaban J connectivity index is 1.69. The maximum atomic E-state index is 13.4. The molecule has 0 spiro atoms. The lowest BCUT2D eigenvalue weighted by Gasteiger charge is -2.30. The van der Waals surface area contributed by atoms with Crippen LogP contribution in [0.3, 0.4) is 0 Å². The number of benzene rings is 2. The van der Waals surface area contributed by atoms with Crippen molar-refractivity contribution in [3.8, 4) is 0 Å². The molecule has 3 atom stereocenters. The minimum absolute atomic E-state index is 0.0234. The van der Waals surface area contributed by atoms with Crippen LogP contribution in [0, 0.1) is 27.9 Å². The van der Waals surface area contributed by atoms with E-state index < -0.39 is 22.7 Å². The van der Waals surface area contributed by atoms with Crippen LogP contribution in [-0.2, 0) is 16.1 Å². The average Bonchev–Trinajstić information content (AvgIpc) is 3.02. The zero-order valence-electron chi connectivity index (χ0n) is 17.4. The van der Waals surface area contributed by atoms with Crippen molar-refractivity contribution >= 4 is 39.3 Å². The summed E-state index contributed by atoms with van der Waals surface area (Å²) in [4.78, 5) is 50.4. The van der Waals surface area contributed by atoms with Gasteiger partial charge in [-0.1, -0.05) is 35.0 Å². The van der Waals surface area contributed by atoms with Gasteiger partial charge in [-0.15, -0.1) is 0 Å². The quantitative estimate of drug-likeness (QED) is 0.346. The van der Waals surface area contributed by atoms with Crippen LogP contribution in [0.5, 0.6) is 0 Å². The van der Waals surface area contributed by atoms with Crippen LogP contribution in [0.15, 0.2) is 53.0 Å². The zero-order valence-corrected chi connectivity index (χ0v) is 19.0. The number of rotatable bonds is 5. The van der Waals surface area contributed by atoms with E-state index in [1.165, 1.54) is 29.3 Å². The fraction of sp³-hybridized carbons (Fsp3) is 0.348. The average molecular weight is 500 g/mol. The van der Waals surface area contributed by atoms with E-state index in [9.17, 15) is 24.5 Å². The molecule has 4 rings (SSSR count). The van der Waals surface area contributed by atoms with E-state index in [4.69, 9.17) is 0 Å². The molecule has 1 aliphatic carbocycles. The highest BCUT2D eigenvalue weighted by atomic mass is 79.9. The van der Waals surface area contributed by atoms with Gasteiger partial charge in [-0.2, -0.15) is 5.01 Å². The van der Waals surface area contributed by atoms with E-state index in [1.807, 2.05) is 12.1 Å². The van der Waals surface area contributed by atoms with E-state index in [0.29, 0.717) is 18.8 Å². The Bertz CT molecular complexity index is 1070. The van der Waals surface area contributed by atoms with Crippen LogP contribution in [0.25, 0.3) is 0 Å². The van der Waals surface area contributed by atoms with E-state index in [1.54, 1.807) is 12.1 Å². The van der Waals surface area contributed by atoms with E-state index in [2.05, 4.69) is 22.9 Å². The third kappa shape index (κ3) is 4.17. The van der Waals surface area contributed by atoms with E-state index in [0.717, 1.165) is 21.5 Å². The number of imide groups is 1. The summed E-state index contributed by atoms with van der Waals surface area (Å²) < 4.78 is 0.864. The lowest BCUT2D eigenvalue weighted by Crippen LogP contribution is -2.49. The van der Waals surface area contributed by atoms with Gasteiger partial charge in [-0.05, 0) is 55.0 Å². The monoisotopic (exact) mass is 499 g/mol. The number of non-ortho nitro benzene ring substituents is 1. The van der Waals surface area contributed by atoms with Gasteiger partial charge in [0.15, 0.2) is 0 Å². The minimum atomic E-state index is -0.559. The summed E-state index contributed by atoms with van der Waals surface area (Å²) in [6.45, 7) is 2.09. The molecule has 9 heteroatoms. The largest absolute Gasteiger partial charge is 0.273 e. The number of fused-ring (bicyclic) bond motifs is 1. The maximum Gasteiger partial charge on any atom is 0.273 e. The molecule has 1 heterocycles. The van der Waals surface area contributed by atoms with Gasteiger partial charge in [0.05, 0.1) is 23.3 Å². The molecule has 166 valence electrons. The summed E-state index contributed by atoms with van der Waals surface area (Å²) in [7, 11) is 0. The lowest BCUT2D eigenvalue weighted by atomic mass is 9.76. The van der Waals surface area contributed by atoms with Gasteiger partial charge in [0.25, 0.3) is 23.4 Å². The van der Waals surface area contributed by atoms with Crippen molar-refractivity contribution in [3.63, 3.8) is 0 Å². The fourth-order valence-electron chi connectivity index (χ4n) is 4.48. The van der Waals surface area contributed by atoms with Gasteiger partial charge >= 0.3 is 0 Å². The summed E-state index contributed by atoms with van der Waals surface area (Å²) in [6, 6.07) is 12.4. The highest BCUT2D eigenvalue weighted by Crippen LogP contribution is 2.41. The summed E-state index contributed by atoms with van der Waals surface area (Å²) in [5.41, 5.74) is 0.762. The van der Waals surface area contributed by atoms with Gasteiger partial charge in [-0.25, -0.2) is 5.01 Å². The predicted octanol–water partition coefficient (Wildman–Crippen LogP) is 4.34. The third-order valence-electron chi connectivity index (χ3n) is 6.21. The van der Waals surface area contributed by atoms with Crippen LogP contribution in [0.4, 0.5) is 5.69 Å². The minimum Gasteiger partial charge on any atom is -0.272 e. The first kappa shape index (κ1) is 22.1. The fourth-order valence-corrected chi connectivity index (χ4v) is 4.75. The molecule has 3 amide bonds. The Morgan fingerprint density at radius 1 is 1.06 bits per heavy atom. The molecule has 0 unspecified atom stereocenters. The molecule has 8 nitrogen and oxygen atoms in total. The van der Waals surface area contributed by atoms with Crippen molar-refractivity contribution in [3.05, 3.63) is 74.2 Å². The highest BCUT2D eigenvalue weighted by Gasteiger charge is 2.52. The molecule has 0 aromatic heterocycles. The summed E-state index contributed by atoms with van der Waals surface area (Å²) in [5.74, 6) is -1.73. The molecular weight excluding hydrogens is 478 g/mol. The van der Waals surface area contributed by atoms with Crippen molar-refractivity contribution < 1.29 is 19.3 Å². The van der Waals surface area contributed by atoms with E-state index in [-0.39, 0.29) is 29.6 Å². The summed E-state index contributed by atoms with van der Waals surface area (Å²) >= 11 is 3.37. The molecule has 2 aliphatic rings. The predicted molar refractivity (Wildman–Crippen MR) is 119 cm³/mol. The number of hydrazine groups is 1. The second kappa shape index (κ2) is 8.82. The van der Waals surface area contributed by atoms with Crippen molar-refractivity contribution in [2.75, 3.05) is 0 Å². The molecular formula is C23H22BrN3O5. The van der Waals surface area contributed by atoms with Crippen molar-refractivity contribution in [1.82, 2.24) is 10.0 Å². The SMILES string of the molecule is C[C@@H]1CC[C@@H]2C(=O)N(N(Cc3ccc(Br)cc3)C(=O)c3ccc([N+](=O)[O-])cc3)C(=O)[C@@H]2C1. The Morgan fingerprint density at radius 3 is 2.31 bits per heavy atom. The Hall–Kier alpha value is -3.07. The number of amides is 3. The number of carbonyl (C=O) groups excluding carboxylic acids is 3. The second-order valence-electron chi connectivity index (χ2n) is 8.41. The number of halogens is 1. The Morgan fingerprint density at radius 2 is 1.69 bits per heavy atom. The maximum absolute atomic E-state index is 13.4. The topological polar surface area (TPSA) is 101 Å².